The van der Waals surface area contributed by atoms with Gasteiger partial charge in [-0.15, -0.1) is 0 Å². The van der Waals surface area contributed by atoms with Crippen molar-refractivity contribution in [3.63, 3.8) is 0 Å². The predicted molar refractivity (Wildman–Crippen MR) is 105 cm³/mol. The number of hydrogen-bond donors (Lipinski definition) is 0. The highest BCUT2D eigenvalue weighted by Gasteiger charge is 2.47. The molecule has 1 aliphatic rings. The highest BCUT2D eigenvalue weighted by atomic mass is 32.2. The van der Waals surface area contributed by atoms with E-state index < -0.39 is 10.7 Å². The van der Waals surface area contributed by atoms with Crippen LogP contribution < -0.4 is 0 Å². The molecule has 2 unspecified atom stereocenters. The first kappa shape index (κ1) is 21.0. The summed E-state index contributed by atoms with van der Waals surface area (Å²) in [6.07, 6.45) is 11.7. The van der Waals surface area contributed by atoms with E-state index in [9.17, 15) is 9.59 Å². The Bertz CT molecular complexity index is 564. The number of carbonyl (C=O) groups is 2. The Morgan fingerprint density at radius 3 is 2.04 bits per heavy atom. The van der Waals surface area contributed by atoms with Crippen LogP contribution in [-0.4, -0.2) is 15.6 Å². The number of allylic oxidation sites excluding steroid dienone is 6. The van der Waals surface area contributed by atoms with Crippen LogP contribution in [0, 0.1) is 5.92 Å². The first-order valence-corrected chi connectivity index (χ1v) is 9.69. The smallest absolute Gasteiger partial charge is 0.200 e. The average molecular weight is 349 g/mol. The van der Waals surface area contributed by atoms with Crippen molar-refractivity contribution in [3.8, 4) is 0 Å². The molecule has 1 heterocycles. The second kappa shape index (κ2) is 9.41. The number of thioether (sulfide) groups is 1. The minimum Gasteiger partial charge on any atom is -0.297 e. The van der Waals surface area contributed by atoms with Crippen molar-refractivity contribution in [2.45, 2.75) is 78.4 Å². The van der Waals surface area contributed by atoms with Gasteiger partial charge >= 0.3 is 0 Å². The maximum absolute atomic E-state index is 12.2. The molecule has 1 saturated heterocycles. The van der Waals surface area contributed by atoms with Crippen molar-refractivity contribution in [3.05, 3.63) is 34.9 Å². The van der Waals surface area contributed by atoms with Crippen molar-refractivity contribution in [1.29, 1.82) is 0 Å². The van der Waals surface area contributed by atoms with Crippen LogP contribution in [0.2, 0.25) is 0 Å². The minimum absolute atomic E-state index is 0.0171. The fraction of sp³-hybridized carbons (Fsp3) is 0.619. The Labute approximate surface area is 151 Å². The van der Waals surface area contributed by atoms with Gasteiger partial charge in [-0.1, -0.05) is 46.7 Å². The molecule has 1 aliphatic heterocycles. The van der Waals surface area contributed by atoms with E-state index in [1.807, 2.05) is 6.92 Å². The maximum atomic E-state index is 12.2. The standard InChI is InChI=1S/C21H32O2S/c1-15(2)9-7-10-16(3)11-8-12-17(4)13-14-21(6)19(22)18(5)20(23)24-21/h9,11,13,18H,7-8,10,12,14H2,1-6H3/b16-11+,17-13+. The lowest BCUT2D eigenvalue weighted by Gasteiger charge is -2.18. The average Bonchev–Trinajstić information content (AvgIpc) is 2.69. The highest BCUT2D eigenvalue weighted by molar-refractivity contribution is 8.16. The lowest BCUT2D eigenvalue weighted by molar-refractivity contribution is -0.127. The number of hydrogen-bond acceptors (Lipinski definition) is 3. The van der Waals surface area contributed by atoms with Crippen LogP contribution in [0.1, 0.15) is 73.6 Å². The third kappa shape index (κ3) is 6.43. The predicted octanol–water partition coefficient (Wildman–Crippen LogP) is 6.03. The van der Waals surface area contributed by atoms with Crippen LogP contribution in [0.4, 0.5) is 0 Å². The van der Waals surface area contributed by atoms with Crippen molar-refractivity contribution in [2.24, 2.45) is 5.92 Å². The van der Waals surface area contributed by atoms with Gasteiger partial charge in [0.2, 0.25) is 0 Å². The van der Waals surface area contributed by atoms with Crippen molar-refractivity contribution < 1.29 is 9.59 Å². The molecule has 0 aromatic heterocycles. The van der Waals surface area contributed by atoms with Gasteiger partial charge in [0.15, 0.2) is 10.9 Å². The molecular weight excluding hydrogens is 316 g/mol. The van der Waals surface area contributed by atoms with Crippen molar-refractivity contribution in [2.75, 3.05) is 0 Å². The van der Waals surface area contributed by atoms with E-state index in [1.165, 1.54) is 28.5 Å². The molecule has 24 heavy (non-hydrogen) atoms. The van der Waals surface area contributed by atoms with Crippen LogP contribution in [0.15, 0.2) is 34.9 Å². The number of Topliss-reactive ketones (excluding diaryl/α,β-unsaturated/α-hetero) is 1. The second-order valence-electron chi connectivity index (χ2n) is 7.40. The number of ketones is 1. The normalized spacial score (nSPS) is 25.3. The molecule has 0 N–H and O–H groups in total. The van der Waals surface area contributed by atoms with E-state index in [4.69, 9.17) is 0 Å². The molecule has 134 valence electrons. The van der Waals surface area contributed by atoms with Gasteiger partial charge in [-0.3, -0.25) is 9.59 Å². The molecule has 0 bridgehead atoms. The molecule has 2 nitrogen and oxygen atoms in total. The molecule has 3 heteroatoms. The summed E-state index contributed by atoms with van der Waals surface area (Å²) < 4.78 is -0.562. The molecule has 2 atom stereocenters. The van der Waals surface area contributed by atoms with Crippen LogP contribution in [-0.2, 0) is 9.59 Å². The zero-order valence-corrected chi connectivity index (χ0v) is 16.9. The first-order valence-electron chi connectivity index (χ1n) is 8.87. The number of carbonyl (C=O) groups excluding carboxylic acids is 2. The van der Waals surface area contributed by atoms with Gasteiger partial charge < -0.3 is 0 Å². The molecule has 0 aromatic rings. The Morgan fingerprint density at radius 1 is 1.00 bits per heavy atom. The summed E-state index contributed by atoms with van der Waals surface area (Å²) >= 11 is 1.22. The summed E-state index contributed by atoms with van der Waals surface area (Å²) in [5.41, 5.74) is 4.11. The van der Waals surface area contributed by atoms with Crippen LogP contribution in [0.3, 0.4) is 0 Å². The Hall–Kier alpha value is -1.09. The molecule has 1 fully saturated rings. The van der Waals surface area contributed by atoms with Gasteiger partial charge in [-0.25, -0.2) is 0 Å². The summed E-state index contributed by atoms with van der Waals surface area (Å²) in [6, 6.07) is 0. The monoisotopic (exact) mass is 348 g/mol. The fourth-order valence-corrected chi connectivity index (χ4v) is 3.95. The van der Waals surface area contributed by atoms with E-state index in [2.05, 4.69) is 45.9 Å². The first-order chi connectivity index (χ1) is 11.2. The Balaban J connectivity index is 2.44. The van der Waals surface area contributed by atoms with Crippen molar-refractivity contribution in [1.82, 2.24) is 0 Å². The van der Waals surface area contributed by atoms with Gasteiger partial charge in [-0.2, -0.15) is 0 Å². The molecule has 1 rings (SSSR count). The SMILES string of the molecule is CC(C)=CCC/C(C)=C/CC/C(C)=C/CC1(C)SC(=O)C(C)C1=O. The Morgan fingerprint density at radius 2 is 1.54 bits per heavy atom. The zero-order chi connectivity index (χ0) is 18.3. The topological polar surface area (TPSA) is 34.1 Å². The minimum atomic E-state index is -0.562. The molecule has 0 spiro atoms. The molecule has 0 saturated carbocycles. The summed E-state index contributed by atoms with van der Waals surface area (Å²) in [4.78, 5) is 23.9. The summed E-state index contributed by atoms with van der Waals surface area (Å²) in [6.45, 7) is 12.2. The highest BCUT2D eigenvalue weighted by Crippen LogP contribution is 2.42. The second-order valence-corrected chi connectivity index (χ2v) is 8.91. The molecular formula is C21H32O2S. The van der Waals surface area contributed by atoms with Gasteiger partial charge in [0.05, 0.1) is 10.7 Å². The van der Waals surface area contributed by atoms with Gasteiger partial charge in [-0.05, 0) is 73.6 Å². The van der Waals surface area contributed by atoms with Gasteiger partial charge in [0, 0.05) is 0 Å². The molecule has 0 amide bonds. The Kier molecular flexibility index (Phi) is 8.21. The van der Waals surface area contributed by atoms with E-state index >= 15 is 0 Å². The van der Waals surface area contributed by atoms with Crippen LogP contribution in [0.25, 0.3) is 0 Å². The molecule has 0 radical (unpaired) electrons. The lowest BCUT2D eigenvalue weighted by Crippen LogP contribution is -2.29. The van der Waals surface area contributed by atoms with E-state index in [0.29, 0.717) is 6.42 Å². The summed E-state index contributed by atoms with van der Waals surface area (Å²) in [7, 11) is 0. The molecule has 0 aliphatic carbocycles. The fourth-order valence-electron chi connectivity index (χ4n) is 2.78. The summed E-state index contributed by atoms with van der Waals surface area (Å²) in [5, 5.41) is 0.0171. The third-order valence-corrected chi connectivity index (χ3v) is 5.93. The maximum Gasteiger partial charge on any atom is 0.200 e. The van der Waals surface area contributed by atoms with E-state index in [-0.39, 0.29) is 10.9 Å². The van der Waals surface area contributed by atoms with Gasteiger partial charge in [0.25, 0.3) is 0 Å². The number of rotatable bonds is 8. The zero-order valence-electron chi connectivity index (χ0n) is 16.1. The largest absolute Gasteiger partial charge is 0.297 e. The lowest BCUT2D eigenvalue weighted by atomic mass is 9.92. The van der Waals surface area contributed by atoms with Crippen LogP contribution in [0.5, 0.6) is 0 Å². The van der Waals surface area contributed by atoms with Crippen molar-refractivity contribution >= 4 is 22.7 Å². The van der Waals surface area contributed by atoms with Crippen LogP contribution >= 0.6 is 11.8 Å². The molecule has 0 aromatic carbocycles. The summed E-state index contributed by atoms with van der Waals surface area (Å²) in [5.74, 6) is -0.364. The quantitative estimate of drug-likeness (QED) is 0.396. The van der Waals surface area contributed by atoms with Gasteiger partial charge in [0.1, 0.15) is 0 Å². The third-order valence-electron chi connectivity index (χ3n) is 4.56. The van der Waals surface area contributed by atoms with E-state index in [0.717, 1.165) is 25.7 Å². The van der Waals surface area contributed by atoms with E-state index in [1.54, 1.807) is 6.92 Å².